The van der Waals surface area contributed by atoms with Crippen LogP contribution in [0.5, 0.6) is 0 Å². The van der Waals surface area contributed by atoms with Crippen LogP contribution in [0.3, 0.4) is 0 Å². The van der Waals surface area contributed by atoms with Crippen molar-refractivity contribution < 1.29 is 9.59 Å². The van der Waals surface area contributed by atoms with Crippen molar-refractivity contribution in [2.75, 3.05) is 0 Å². The lowest BCUT2D eigenvalue weighted by atomic mass is 10.0. The van der Waals surface area contributed by atoms with Crippen molar-refractivity contribution in [1.82, 2.24) is 10.2 Å². The second-order valence-electron chi connectivity index (χ2n) is 8.27. The average molecular weight is 381 g/mol. The zero-order chi connectivity index (χ0) is 20.7. The summed E-state index contributed by atoms with van der Waals surface area (Å²) in [5.41, 5.74) is 2.75. The van der Waals surface area contributed by atoms with Gasteiger partial charge in [0.1, 0.15) is 6.04 Å². The first-order valence-corrected chi connectivity index (χ1v) is 9.91. The minimum atomic E-state index is -0.504. The number of carbonyl (C=O) groups is 2. The van der Waals surface area contributed by atoms with E-state index in [1.165, 1.54) is 0 Å². The predicted molar refractivity (Wildman–Crippen MR) is 114 cm³/mol. The van der Waals surface area contributed by atoms with Gasteiger partial charge in [-0.2, -0.15) is 0 Å². The minimum Gasteiger partial charge on any atom is -0.350 e. The van der Waals surface area contributed by atoms with Crippen molar-refractivity contribution in [3.05, 3.63) is 71.3 Å². The third-order valence-corrected chi connectivity index (χ3v) is 4.68. The summed E-state index contributed by atoms with van der Waals surface area (Å²) in [6.45, 7) is 10.2. The number of nitrogens with one attached hydrogen (secondary N) is 1. The van der Waals surface area contributed by atoms with Crippen LogP contribution in [0.2, 0.25) is 0 Å². The van der Waals surface area contributed by atoms with Gasteiger partial charge in [0, 0.05) is 12.1 Å². The van der Waals surface area contributed by atoms with E-state index in [9.17, 15) is 9.59 Å². The average Bonchev–Trinajstić information content (AvgIpc) is 2.62. The maximum Gasteiger partial charge on any atom is 0.243 e. The summed E-state index contributed by atoms with van der Waals surface area (Å²) >= 11 is 0. The number of rotatable bonds is 7. The van der Waals surface area contributed by atoms with Gasteiger partial charge in [0.25, 0.3) is 0 Å². The topological polar surface area (TPSA) is 49.4 Å². The first-order valence-electron chi connectivity index (χ1n) is 9.91. The first kappa shape index (κ1) is 21.7. The summed E-state index contributed by atoms with van der Waals surface area (Å²) in [5.74, 6) is -0.141. The molecule has 0 spiro atoms. The standard InChI is InChI=1S/C24H32N2O2/c1-6-21(23(28)25-24(3,4)5)26(17-19-13-8-7-9-14-19)22(27)16-20-15-11-10-12-18(20)2/h7-15,21H,6,16-17H2,1-5H3,(H,25,28)/t21-/m1/s1. The predicted octanol–water partition coefficient (Wildman–Crippen LogP) is 4.26. The van der Waals surface area contributed by atoms with E-state index < -0.39 is 6.04 Å². The SMILES string of the molecule is CC[C@H](C(=O)NC(C)(C)C)N(Cc1ccccc1)C(=O)Cc1ccccc1C. The molecule has 2 amide bonds. The molecule has 1 N–H and O–H groups in total. The highest BCUT2D eigenvalue weighted by molar-refractivity contribution is 5.89. The van der Waals surface area contributed by atoms with E-state index >= 15 is 0 Å². The van der Waals surface area contributed by atoms with E-state index in [1.807, 2.05) is 89.2 Å². The number of hydrogen-bond donors (Lipinski definition) is 1. The smallest absolute Gasteiger partial charge is 0.243 e. The molecular weight excluding hydrogens is 348 g/mol. The molecule has 0 aliphatic heterocycles. The Labute approximate surface area is 169 Å². The number of benzene rings is 2. The van der Waals surface area contributed by atoms with Gasteiger partial charge >= 0.3 is 0 Å². The van der Waals surface area contributed by atoms with Crippen molar-refractivity contribution >= 4 is 11.8 Å². The number of carbonyl (C=O) groups excluding carboxylic acids is 2. The lowest BCUT2D eigenvalue weighted by Crippen LogP contribution is -2.53. The molecule has 0 saturated heterocycles. The molecule has 4 heteroatoms. The molecule has 2 rings (SSSR count). The summed E-state index contributed by atoms with van der Waals surface area (Å²) in [6.07, 6.45) is 0.854. The molecule has 0 radical (unpaired) electrons. The van der Waals surface area contributed by atoms with Crippen LogP contribution in [-0.2, 0) is 22.6 Å². The van der Waals surface area contributed by atoms with Crippen LogP contribution in [0.1, 0.15) is 50.8 Å². The molecule has 2 aromatic rings. The zero-order valence-electron chi connectivity index (χ0n) is 17.7. The van der Waals surface area contributed by atoms with E-state index in [0.29, 0.717) is 19.4 Å². The van der Waals surface area contributed by atoms with Gasteiger partial charge < -0.3 is 10.2 Å². The van der Waals surface area contributed by atoms with E-state index in [0.717, 1.165) is 16.7 Å². The van der Waals surface area contributed by atoms with Crippen LogP contribution in [0, 0.1) is 6.92 Å². The Morgan fingerprint density at radius 2 is 1.61 bits per heavy atom. The minimum absolute atomic E-state index is 0.0333. The Balaban J connectivity index is 2.30. The van der Waals surface area contributed by atoms with Crippen molar-refractivity contribution in [2.24, 2.45) is 0 Å². The number of nitrogens with zero attached hydrogens (tertiary/aromatic N) is 1. The fraction of sp³-hybridized carbons (Fsp3) is 0.417. The van der Waals surface area contributed by atoms with Gasteiger partial charge in [0.15, 0.2) is 0 Å². The maximum atomic E-state index is 13.3. The van der Waals surface area contributed by atoms with Crippen LogP contribution < -0.4 is 5.32 Å². The van der Waals surface area contributed by atoms with E-state index in [2.05, 4.69) is 5.32 Å². The second kappa shape index (κ2) is 9.54. The molecule has 0 bridgehead atoms. The van der Waals surface area contributed by atoms with Gasteiger partial charge in [0.05, 0.1) is 6.42 Å². The largest absolute Gasteiger partial charge is 0.350 e. The Morgan fingerprint density at radius 3 is 2.18 bits per heavy atom. The number of amides is 2. The number of aryl methyl sites for hydroxylation is 1. The van der Waals surface area contributed by atoms with Gasteiger partial charge in [-0.1, -0.05) is 61.5 Å². The quantitative estimate of drug-likeness (QED) is 0.780. The van der Waals surface area contributed by atoms with Gasteiger partial charge in [-0.25, -0.2) is 0 Å². The fourth-order valence-corrected chi connectivity index (χ4v) is 3.23. The molecule has 0 unspecified atom stereocenters. The Kier molecular flexibility index (Phi) is 7.38. The summed E-state index contributed by atoms with van der Waals surface area (Å²) in [4.78, 5) is 28.0. The molecular formula is C24H32N2O2. The lowest BCUT2D eigenvalue weighted by molar-refractivity contribution is -0.141. The van der Waals surface area contributed by atoms with E-state index in [4.69, 9.17) is 0 Å². The van der Waals surface area contributed by atoms with Crippen molar-refractivity contribution in [3.63, 3.8) is 0 Å². The van der Waals surface area contributed by atoms with Crippen molar-refractivity contribution in [2.45, 2.75) is 65.6 Å². The third kappa shape index (κ3) is 6.22. The van der Waals surface area contributed by atoms with E-state index in [-0.39, 0.29) is 17.4 Å². The van der Waals surface area contributed by atoms with E-state index in [1.54, 1.807) is 4.90 Å². The van der Waals surface area contributed by atoms with Gasteiger partial charge in [-0.05, 0) is 50.8 Å². The van der Waals surface area contributed by atoms with Crippen LogP contribution in [0.25, 0.3) is 0 Å². The Bertz CT molecular complexity index is 794. The maximum absolute atomic E-state index is 13.3. The fourth-order valence-electron chi connectivity index (χ4n) is 3.23. The van der Waals surface area contributed by atoms with Crippen molar-refractivity contribution in [1.29, 1.82) is 0 Å². The highest BCUT2D eigenvalue weighted by Crippen LogP contribution is 2.17. The molecule has 0 fully saturated rings. The molecule has 0 heterocycles. The highest BCUT2D eigenvalue weighted by Gasteiger charge is 2.30. The van der Waals surface area contributed by atoms with Crippen LogP contribution in [0.15, 0.2) is 54.6 Å². The molecule has 150 valence electrons. The Morgan fingerprint density at radius 1 is 1.00 bits per heavy atom. The van der Waals surface area contributed by atoms with Crippen LogP contribution in [-0.4, -0.2) is 28.3 Å². The normalized spacial score (nSPS) is 12.3. The molecule has 0 aliphatic carbocycles. The molecule has 1 atom stereocenters. The van der Waals surface area contributed by atoms with Crippen LogP contribution in [0.4, 0.5) is 0 Å². The summed E-state index contributed by atoms with van der Waals surface area (Å²) in [5, 5.41) is 3.03. The van der Waals surface area contributed by atoms with Gasteiger partial charge in [-0.3, -0.25) is 9.59 Å². The molecule has 0 saturated carbocycles. The van der Waals surface area contributed by atoms with Crippen molar-refractivity contribution in [3.8, 4) is 0 Å². The zero-order valence-corrected chi connectivity index (χ0v) is 17.7. The molecule has 28 heavy (non-hydrogen) atoms. The Hall–Kier alpha value is -2.62. The highest BCUT2D eigenvalue weighted by atomic mass is 16.2. The van der Waals surface area contributed by atoms with Gasteiger partial charge in [-0.15, -0.1) is 0 Å². The monoisotopic (exact) mass is 380 g/mol. The lowest BCUT2D eigenvalue weighted by Gasteiger charge is -2.33. The van der Waals surface area contributed by atoms with Gasteiger partial charge in [0.2, 0.25) is 11.8 Å². The summed E-state index contributed by atoms with van der Waals surface area (Å²) in [6, 6.07) is 17.2. The number of hydrogen-bond acceptors (Lipinski definition) is 2. The third-order valence-electron chi connectivity index (χ3n) is 4.68. The summed E-state index contributed by atoms with van der Waals surface area (Å²) in [7, 11) is 0. The first-order chi connectivity index (χ1) is 13.2. The second-order valence-corrected chi connectivity index (χ2v) is 8.27. The molecule has 2 aromatic carbocycles. The summed E-state index contributed by atoms with van der Waals surface area (Å²) < 4.78 is 0. The molecule has 0 aliphatic rings. The molecule has 4 nitrogen and oxygen atoms in total. The van der Waals surface area contributed by atoms with Crippen LogP contribution >= 0.6 is 0 Å². The molecule has 0 aromatic heterocycles.